The number of carbonyl (C=O) groups excluding carboxylic acids is 1. The molecule has 0 fully saturated rings. The SMILES string of the molecule is CCCCn1/c(=N/C(=O)c2cc(C(F)(F)F)ccc2OC[C@H](C)OCOC)sc2ccncc21. The maximum absolute atomic E-state index is 13.4. The first-order valence-electron chi connectivity index (χ1n) is 10.7. The molecule has 1 atom stereocenters. The van der Waals surface area contributed by atoms with Crippen molar-refractivity contribution in [3.63, 3.8) is 0 Å². The largest absolute Gasteiger partial charge is 0.490 e. The van der Waals surface area contributed by atoms with Crippen molar-refractivity contribution in [3.8, 4) is 5.75 Å². The molecule has 2 heterocycles. The first kappa shape index (κ1) is 25.9. The fourth-order valence-corrected chi connectivity index (χ4v) is 4.14. The molecule has 0 unspecified atom stereocenters. The zero-order valence-electron chi connectivity index (χ0n) is 19.1. The highest BCUT2D eigenvalue weighted by Crippen LogP contribution is 2.33. The molecule has 1 aromatic carbocycles. The summed E-state index contributed by atoms with van der Waals surface area (Å²) in [5.41, 5.74) is -0.412. The molecule has 3 rings (SSSR count). The highest BCUT2D eigenvalue weighted by Gasteiger charge is 2.32. The summed E-state index contributed by atoms with van der Waals surface area (Å²) in [6.45, 7) is 4.42. The van der Waals surface area contributed by atoms with Gasteiger partial charge in [-0.25, -0.2) is 0 Å². The van der Waals surface area contributed by atoms with E-state index >= 15 is 0 Å². The van der Waals surface area contributed by atoms with Gasteiger partial charge in [-0.2, -0.15) is 18.2 Å². The van der Waals surface area contributed by atoms with Gasteiger partial charge in [-0.1, -0.05) is 24.7 Å². The maximum atomic E-state index is 13.4. The van der Waals surface area contributed by atoms with Gasteiger partial charge < -0.3 is 18.8 Å². The smallest absolute Gasteiger partial charge is 0.416 e. The number of amides is 1. The summed E-state index contributed by atoms with van der Waals surface area (Å²) in [5, 5.41) is 0. The van der Waals surface area contributed by atoms with E-state index in [0.717, 1.165) is 41.3 Å². The van der Waals surface area contributed by atoms with Crippen LogP contribution in [0.3, 0.4) is 0 Å². The van der Waals surface area contributed by atoms with Crippen molar-refractivity contribution in [3.05, 3.63) is 52.6 Å². The van der Waals surface area contributed by atoms with Gasteiger partial charge in [-0.15, -0.1) is 0 Å². The van der Waals surface area contributed by atoms with Gasteiger partial charge in [0, 0.05) is 19.9 Å². The van der Waals surface area contributed by atoms with Crippen LogP contribution in [0.4, 0.5) is 13.2 Å². The highest BCUT2D eigenvalue weighted by atomic mass is 32.1. The second kappa shape index (κ2) is 11.6. The number of aromatic nitrogens is 2. The van der Waals surface area contributed by atoms with Crippen LogP contribution in [-0.4, -0.2) is 42.1 Å². The van der Waals surface area contributed by atoms with Crippen molar-refractivity contribution in [2.45, 2.75) is 45.5 Å². The van der Waals surface area contributed by atoms with E-state index in [2.05, 4.69) is 9.98 Å². The molecular weight excluding hydrogens is 471 g/mol. The molecule has 11 heteroatoms. The molecule has 2 aromatic heterocycles. The van der Waals surface area contributed by atoms with Crippen LogP contribution < -0.4 is 9.54 Å². The monoisotopic (exact) mass is 497 g/mol. The van der Waals surface area contributed by atoms with E-state index in [1.807, 2.05) is 17.6 Å². The number of rotatable bonds is 10. The molecule has 3 aromatic rings. The number of aryl methyl sites for hydroxylation is 1. The molecule has 0 aliphatic rings. The Labute approximate surface area is 198 Å². The van der Waals surface area contributed by atoms with E-state index < -0.39 is 23.8 Å². The van der Waals surface area contributed by atoms with Crippen LogP contribution in [-0.2, 0) is 22.2 Å². The maximum Gasteiger partial charge on any atom is 0.416 e. The summed E-state index contributed by atoms with van der Waals surface area (Å²) in [6, 6.07) is 4.59. The Morgan fingerprint density at radius 3 is 2.79 bits per heavy atom. The summed E-state index contributed by atoms with van der Waals surface area (Å²) in [6.07, 6.45) is 0.0678. The number of fused-ring (bicyclic) bond motifs is 1. The zero-order valence-corrected chi connectivity index (χ0v) is 19.9. The predicted molar refractivity (Wildman–Crippen MR) is 122 cm³/mol. The van der Waals surface area contributed by atoms with Gasteiger partial charge in [0.1, 0.15) is 19.1 Å². The van der Waals surface area contributed by atoms with E-state index in [1.54, 1.807) is 19.3 Å². The molecule has 0 radical (unpaired) electrons. The number of nitrogens with zero attached hydrogens (tertiary/aromatic N) is 3. The number of pyridine rings is 1. The molecule has 34 heavy (non-hydrogen) atoms. The first-order chi connectivity index (χ1) is 16.2. The van der Waals surface area contributed by atoms with Crippen LogP contribution in [0.5, 0.6) is 5.75 Å². The molecule has 0 spiro atoms. The van der Waals surface area contributed by atoms with E-state index in [9.17, 15) is 18.0 Å². The van der Waals surface area contributed by atoms with Gasteiger partial charge in [-0.3, -0.25) is 9.78 Å². The zero-order chi connectivity index (χ0) is 24.7. The number of halogens is 3. The summed E-state index contributed by atoms with van der Waals surface area (Å²) in [4.78, 5) is 21.9. The summed E-state index contributed by atoms with van der Waals surface area (Å²) < 4.78 is 58.6. The van der Waals surface area contributed by atoms with Crippen molar-refractivity contribution in [1.82, 2.24) is 9.55 Å². The van der Waals surface area contributed by atoms with Crippen LogP contribution in [0.15, 0.2) is 41.7 Å². The minimum Gasteiger partial charge on any atom is -0.490 e. The number of ether oxygens (including phenoxy) is 3. The Morgan fingerprint density at radius 2 is 2.09 bits per heavy atom. The van der Waals surface area contributed by atoms with Gasteiger partial charge in [0.2, 0.25) is 0 Å². The van der Waals surface area contributed by atoms with Gasteiger partial charge >= 0.3 is 6.18 Å². The van der Waals surface area contributed by atoms with Crippen molar-refractivity contribution in [2.75, 3.05) is 20.5 Å². The average Bonchev–Trinajstić information content (AvgIpc) is 3.15. The van der Waals surface area contributed by atoms with Crippen LogP contribution in [0.2, 0.25) is 0 Å². The summed E-state index contributed by atoms with van der Waals surface area (Å²) >= 11 is 1.28. The van der Waals surface area contributed by atoms with Crippen molar-refractivity contribution < 1.29 is 32.2 Å². The molecule has 0 bridgehead atoms. The van der Waals surface area contributed by atoms with Crippen LogP contribution in [0.25, 0.3) is 10.2 Å². The fraction of sp³-hybridized carbons (Fsp3) is 0.435. The van der Waals surface area contributed by atoms with E-state index in [4.69, 9.17) is 14.2 Å². The Hall–Kier alpha value is -2.76. The Balaban J connectivity index is 2.01. The minimum absolute atomic E-state index is 0.00231. The van der Waals surface area contributed by atoms with Crippen molar-refractivity contribution in [1.29, 1.82) is 0 Å². The molecule has 0 saturated carbocycles. The Kier molecular flexibility index (Phi) is 8.81. The Bertz CT molecular complexity index is 1190. The average molecular weight is 498 g/mol. The van der Waals surface area contributed by atoms with Gasteiger partial charge in [-0.05, 0) is 37.6 Å². The van der Waals surface area contributed by atoms with E-state index in [0.29, 0.717) is 11.3 Å². The molecule has 184 valence electrons. The van der Waals surface area contributed by atoms with Crippen molar-refractivity contribution >= 4 is 27.5 Å². The van der Waals surface area contributed by atoms with Crippen LogP contribution in [0.1, 0.15) is 42.6 Å². The topological polar surface area (TPSA) is 74.9 Å². The number of thiazole rings is 1. The molecule has 0 N–H and O–H groups in total. The lowest BCUT2D eigenvalue weighted by atomic mass is 10.1. The lowest BCUT2D eigenvalue weighted by Crippen LogP contribution is -2.21. The summed E-state index contributed by atoms with van der Waals surface area (Å²) in [5.74, 6) is -0.825. The van der Waals surface area contributed by atoms with Gasteiger partial charge in [0.05, 0.1) is 33.6 Å². The lowest BCUT2D eigenvalue weighted by molar-refractivity contribution is -0.137. The third kappa shape index (κ3) is 6.43. The number of carbonyl (C=O) groups is 1. The van der Waals surface area contributed by atoms with Crippen LogP contribution >= 0.6 is 11.3 Å². The third-order valence-electron chi connectivity index (χ3n) is 4.90. The predicted octanol–water partition coefficient (Wildman–Crippen LogP) is 5.05. The van der Waals surface area contributed by atoms with Crippen LogP contribution in [0, 0.1) is 0 Å². The van der Waals surface area contributed by atoms with E-state index in [1.165, 1.54) is 18.4 Å². The first-order valence-corrected chi connectivity index (χ1v) is 11.5. The molecule has 1 amide bonds. The van der Waals surface area contributed by atoms with Gasteiger partial charge in [0.15, 0.2) is 4.80 Å². The normalized spacial score (nSPS) is 13.4. The number of alkyl halides is 3. The number of methoxy groups -OCH3 is 1. The molecule has 0 saturated heterocycles. The van der Waals surface area contributed by atoms with Crippen molar-refractivity contribution in [2.24, 2.45) is 4.99 Å². The summed E-state index contributed by atoms with van der Waals surface area (Å²) in [7, 11) is 1.47. The minimum atomic E-state index is -4.62. The van der Waals surface area contributed by atoms with E-state index in [-0.39, 0.29) is 24.7 Å². The Morgan fingerprint density at radius 1 is 1.29 bits per heavy atom. The van der Waals surface area contributed by atoms with Gasteiger partial charge in [0.25, 0.3) is 5.91 Å². The number of hydrogen-bond donors (Lipinski definition) is 0. The quantitative estimate of drug-likeness (QED) is 0.367. The number of unbranched alkanes of at least 4 members (excludes halogenated alkanes) is 1. The second-order valence-electron chi connectivity index (χ2n) is 7.55. The molecule has 0 aliphatic heterocycles. The number of hydrogen-bond acceptors (Lipinski definition) is 6. The number of benzene rings is 1. The molecule has 7 nitrogen and oxygen atoms in total. The highest BCUT2D eigenvalue weighted by molar-refractivity contribution is 7.16. The third-order valence-corrected chi connectivity index (χ3v) is 5.96. The molecule has 0 aliphatic carbocycles. The second-order valence-corrected chi connectivity index (χ2v) is 8.56. The fourth-order valence-electron chi connectivity index (χ4n) is 3.12. The molecular formula is C23H26F3N3O4S. The standard InChI is InChI=1S/C23H26F3N3O4S/c1-4-5-10-29-18-12-27-9-8-20(18)34-22(29)28-21(30)17-11-16(23(24,25)26)6-7-19(17)32-13-15(2)33-14-31-3/h6-9,11-12,15H,4-5,10,13-14H2,1-3H3/b28-22-/t15-/m0/s1. The lowest BCUT2D eigenvalue weighted by Gasteiger charge is -2.16.